The molecule has 0 radical (unpaired) electrons. The molecule has 2 heterocycles. The second kappa shape index (κ2) is 6.30. The monoisotopic (exact) mass is 304 g/mol. The number of thioether (sulfide) groups is 1. The molecule has 1 fully saturated rings. The van der Waals surface area contributed by atoms with Crippen molar-refractivity contribution in [3.05, 3.63) is 18.0 Å². The molecule has 7 heteroatoms. The van der Waals surface area contributed by atoms with Crippen LogP contribution in [-0.4, -0.2) is 47.0 Å². The first-order valence-corrected chi connectivity index (χ1v) is 9.07. The van der Waals surface area contributed by atoms with E-state index < -0.39 is 10.0 Å². The largest absolute Gasteiger partial charge is 0.390 e. The Labute approximate surface area is 118 Å². The number of rotatable bonds is 4. The van der Waals surface area contributed by atoms with Gasteiger partial charge in [-0.25, -0.2) is 8.42 Å². The Kier molecular flexibility index (Phi) is 4.94. The van der Waals surface area contributed by atoms with Gasteiger partial charge in [0.05, 0.1) is 6.61 Å². The molecule has 0 unspecified atom stereocenters. The highest BCUT2D eigenvalue weighted by molar-refractivity contribution is 7.99. The average molecular weight is 304 g/mol. The number of aryl methyl sites for hydroxylation is 1. The number of hydrogen-bond donors (Lipinski definition) is 1. The Hall–Kier alpha value is -0.500. The standard InChI is InChI=1S/C12H20N2O3S2/c1-2-13-9-12(8-11(13)10-15)19(16,17)14-4-3-6-18-7-5-14/h8-9,15H,2-7,10H2,1H3. The lowest BCUT2D eigenvalue weighted by molar-refractivity contribution is 0.271. The van der Waals surface area contributed by atoms with Crippen molar-refractivity contribution in [3.8, 4) is 0 Å². The molecule has 0 bridgehead atoms. The predicted molar refractivity (Wildman–Crippen MR) is 76.7 cm³/mol. The average Bonchev–Trinajstić information content (AvgIpc) is 2.63. The topological polar surface area (TPSA) is 62.5 Å². The van der Waals surface area contributed by atoms with Crippen LogP contribution in [0.1, 0.15) is 19.0 Å². The third-order valence-electron chi connectivity index (χ3n) is 3.28. The van der Waals surface area contributed by atoms with Crippen molar-refractivity contribution in [2.75, 3.05) is 24.6 Å². The minimum Gasteiger partial charge on any atom is -0.390 e. The van der Waals surface area contributed by atoms with Crippen LogP contribution >= 0.6 is 11.8 Å². The first kappa shape index (κ1) is 14.9. The van der Waals surface area contributed by atoms with Gasteiger partial charge in [-0.1, -0.05) is 0 Å². The van der Waals surface area contributed by atoms with E-state index in [9.17, 15) is 13.5 Å². The molecule has 0 aromatic carbocycles. The van der Waals surface area contributed by atoms with Crippen molar-refractivity contribution in [2.45, 2.75) is 31.4 Å². The highest BCUT2D eigenvalue weighted by atomic mass is 32.2. The highest BCUT2D eigenvalue weighted by Gasteiger charge is 2.26. The van der Waals surface area contributed by atoms with Crippen LogP contribution in [0, 0.1) is 0 Å². The van der Waals surface area contributed by atoms with Crippen molar-refractivity contribution in [2.24, 2.45) is 0 Å². The van der Waals surface area contributed by atoms with E-state index in [-0.39, 0.29) is 6.61 Å². The Morgan fingerprint density at radius 3 is 2.79 bits per heavy atom. The maximum absolute atomic E-state index is 12.6. The van der Waals surface area contributed by atoms with Crippen LogP contribution in [-0.2, 0) is 23.2 Å². The molecule has 108 valence electrons. The molecule has 1 aliphatic heterocycles. The predicted octanol–water partition coefficient (Wildman–Crippen LogP) is 1.13. The summed E-state index contributed by atoms with van der Waals surface area (Å²) >= 11 is 1.80. The molecule has 0 amide bonds. The van der Waals surface area contributed by atoms with Gasteiger partial charge in [0.1, 0.15) is 4.90 Å². The van der Waals surface area contributed by atoms with Crippen molar-refractivity contribution >= 4 is 21.8 Å². The van der Waals surface area contributed by atoms with Gasteiger partial charge >= 0.3 is 0 Å². The highest BCUT2D eigenvalue weighted by Crippen LogP contribution is 2.22. The van der Waals surface area contributed by atoms with Crippen LogP contribution < -0.4 is 0 Å². The van der Waals surface area contributed by atoms with E-state index in [1.54, 1.807) is 32.9 Å². The number of hydrogen-bond acceptors (Lipinski definition) is 4. The molecular formula is C12H20N2O3S2. The van der Waals surface area contributed by atoms with Gasteiger partial charge in [-0.2, -0.15) is 16.1 Å². The fraction of sp³-hybridized carbons (Fsp3) is 0.667. The minimum atomic E-state index is -3.42. The van der Waals surface area contributed by atoms with Gasteiger partial charge in [-0.05, 0) is 25.2 Å². The molecule has 0 spiro atoms. The zero-order valence-corrected chi connectivity index (χ0v) is 12.7. The Morgan fingerprint density at radius 1 is 1.37 bits per heavy atom. The minimum absolute atomic E-state index is 0.140. The van der Waals surface area contributed by atoms with E-state index in [1.165, 1.54) is 0 Å². The summed E-state index contributed by atoms with van der Waals surface area (Å²) in [6.07, 6.45) is 2.52. The summed E-state index contributed by atoms with van der Waals surface area (Å²) < 4.78 is 28.5. The number of aromatic nitrogens is 1. The molecular weight excluding hydrogens is 284 g/mol. The van der Waals surface area contributed by atoms with E-state index in [0.29, 0.717) is 30.2 Å². The molecule has 1 aromatic rings. The Bertz CT molecular complexity index is 496. The normalized spacial score (nSPS) is 18.4. The lowest BCUT2D eigenvalue weighted by Gasteiger charge is -2.18. The van der Waals surface area contributed by atoms with Crippen LogP contribution in [0.15, 0.2) is 17.2 Å². The second-order valence-electron chi connectivity index (χ2n) is 4.48. The summed E-state index contributed by atoms with van der Waals surface area (Å²) in [4.78, 5) is 0.297. The van der Waals surface area contributed by atoms with Crippen molar-refractivity contribution < 1.29 is 13.5 Å². The van der Waals surface area contributed by atoms with Gasteiger partial charge in [0.25, 0.3) is 0 Å². The van der Waals surface area contributed by atoms with Gasteiger partial charge in [0.2, 0.25) is 10.0 Å². The smallest absolute Gasteiger partial charge is 0.244 e. The van der Waals surface area contributed by atoms with Crippen molar-refractivity contribution in [1.29, 1.82) is 0 Å². The van der Waals surface area contributed by atoms with Crippen LogP contribution in [0.25, 0.3) is 0 Å². The molecule has 0 atom stereocenters. The third kappa shape index (κ3) is 3.16. The lowest BCUT2D eigenvalue weighted by atomic mass is 10.4. The van der Waals surface area contributed by atoms with Gasteiger partial charge in [0.15, 0.2) is 0 Å². The molecule has 1 aromatic heterocycles. The molecule has 0 saturated carbocycles. The van der Waals surface area contributed by atoms with Gasteiger partial charge in [-0.3, -0.25) is 0 Å². The fourth-order valence-corrected chi connectivity index (χ4v) is 4.75. The number of sulfonamides is 1. The summed E-state index contributed by atoms with van der Waals surface area (Å²) in [7, 11) is -3.42. The van der Waals surface area contributed by atoms with Gasteiger partial charge in [0, 0.05) is 37.3 Å². The zero-order valence-electron chi connectivity index (χ0n) is 11.1. The van der Waals surface area contributed by atoms with Crippen molar-refractivity contribution in [1.82, 2.24) is 8.87 Å². The van der Waals surface area contributed by atoms with E-state index in [1.807, 2.05) is 6.92 Å². The Morgan fingerprint density at radius 2 is 2.16 bits per heavy atom. The van der Waals surface area contributed by atoms with E-state index in [4.69, 9.17) is 0 Å². The van der Waals surface area contributed by atoms with Crippen LogP contribution in [0.5, 0.6) is 0 Å². The molecule has 0 aliphatic carbocycles. The third-order valence-corrected chi connectivity index (χ3v) is 6.20. The molecule has 19 heavy (non-hydrogen) atoms. The van der Waals surface area contributed by atoms with Crippen LogP contribution in [0.4, 0.5) is 0 Å². The first-order valence-electron chi connectivity index (χ1n) is 6.47. The lowest BCUT2D eigenvalue weighted by Crippen LogP contribution is -2.32. The van der Waals surface area contributed by atoms with Crippen molar-refractivity contribution in [3.63, 3.8) is 0 Å². The number of aliphatic hydroxyl groups excluding tert-OH is 1. The second-order valence-corrected chi connectivity index (χ2v) is 7.64. The van der Waals surface area contributed by atoms with Gasteiger partial charge < -0.3 is 9.67 Å². The molecule has 1 saturated heterocycles. The van der Waals surface area contributed by atoms with Crippen LogP contribution in [0.2, 0.25) is 0 Å². The summed E-state index contributed by atoms with van der Waals surface area (Å²) in [5.74, 6) is 1.87. The summed E-state index contributed by atoms with van der Waals surface area (Å²) in [6.45, 7) is 3.60. The molecule has 5 nitrogen and oxygen atoms in total. The number of aliphatic hydroxyl groups is 1. The maximum atomic E-state index is 12.6. The quantitative estimate of drug-likeness (QED) is 0.906. The molecule has 2 rings (SSSR count). The SMILES string of the molecule is CCn1cc(S(=O)(=O)N2CCCSCC2)cc1CO. The van der Waals surface area contributed by atoms with Crippen LogP contribution in [0.3, 0.4) is 0 Å². The first-order chi connectivity index (χ1) is 9.09. The Balaban J connectivity index is 2.30. The summed E-state index contributed by atoms with van der Waals surface area (Å²) in [5, 5.41) is 9.25. The van der Waals surface area contributed by atoms with E-state index in [0.717, 1.165) is 17.9 Å². The number of nitrogens with zero attached hydrogens (tertiary/aromatic N) is 2. The molecule has 1 N–H and O–H groups in total. The van der Waals surface area contributed by atoms with E-state index in [2.05, 4.69) is 0 Å². The summed E-state index contributed by atoms with van der Waals surface area (Å²) in [6, 6.07) is 1.58. The van der Waals surface area contributed by atoms with Gasteiger partial charge in [-0.15, -0.1) is 0 Å². The molecule has 1 aliphatic rings. The zero-order chi connectivity index (χ0) is 13.9. The summed E-state index contributed by atoms with van der Waals surface area (Å²) in [5.41, 5.74) is 0.644. The fourth-order valence-electron chi connectivity index (χ4n) is 2.21. The maximum Gasteiger partial charge on any atom is 0.244 e. The van der Waals surface area contributed by atoms with E-state index >= 15 is 0 Å².